The first-order valence-electron chi connectivity index (χ1n) is 13.0. The largest absolute Gasteiger partial charge is 0.454 e. The number of aliphatic hydroxyl groups is 3. The quantitative estimate of drug-likeness (QED) is 0.430. The van der Waals surface area contributed by atoms with Gasteiger partial charge in [0.2, 0.25) is 0 Å². The molecule has 0 aliphatic heterocycles. The van der Waals surface area contributed by atoms with E-state index in [0.29, 0.717) is 11.5 Å². The van der Waals surface area contributed by atoms with E-state index in [1.807, 2.05) is 13.8 Å². The third kappa shape index (κ3) is 2.85. The van der Waals surface area contributed by atoms with Gasteiger partial charge in [-0.25, -0.2) is 0 Å². The minimum Gasteiger partial charge on any atom is -0.454 e. The first kappa shape index (κ1) is 24.2. The highest BCUT2D eigenvalue weighted by Gasteiger charge is 2.76. The van der Waals surface area contributed by atoms with E-state index in [9.17, 15) is 24.9 Å². The van der Waals surface area contributed by atoms with Gasteiger partial charge in [0.15, 0.2) is 17.5 Å². The average molecular weight is 473 g/mol. The molecule has 8 atom stereocenters. The number of allylic oxidation sites excluding steroid dienone is 1. The molecule has 6 heteroatoms. The maximum Gasteiger partial charge on any atom is 0.312 e. The smallest absolute Gasteiger partial charge is 0.312 e. The van der Waals surface area contributed by atoms with Crippen molar-refractivity contribution < 1.29 is 29.6 Å². The summed E-state index contributed by atoms with van der Waals surface area (Å²) in [6, 6.07) is 0. The number of ketones is 1. The Balaban J connectivity index is 1.61. The number of ether oxygens (including phenoxy) is 1. The molecule has 3 saturated carbocycles. The molecular formula is C28H40O6. The first-order chi connectivity index (χ1) is 15.9. The number of carbonyl (C=O) groups is 2. The monoisotopic (exact) mass is 472 g/mol. The number of carbonyl (C=O) groups excluding carboxylic acids is 2. The van der Waals surface area contributed by atoms with Crippen LogP contribution >= 0.6 is 0 Å². The Morgan fingerprint density at radius 3 is 2.44 bits per heavy atom. The molecule has 0 unspecified atom stereocenters. The molecule has 188 valence electrons. The molecule has 5 aliphatic rings. The van der Waals surface area contributed by atoms with Crippen LogP contribution in [0.2, 0.25) is 0 Å². The van der Waals surface area contributed by atoms with Crippen LogP contribution in [0.4, 0.5) is 0 Å². The maximum atomic E-state index is 14.4. The van der Waals surface area contributed by atoms with E-state index < -0.39 is 41.2 Å². The van der Waals surface area contributed by atoms with Crippen molar-refractivity contribution in [2.24, 2.45) is 39.9 Å². The summed E-state index contributed by atoms with van der Waals surface area (Å²) in [4.78, 5) is 27.8. The number of hydrogen-bond donors (Lipinski definition) is 3. The molecule has 0 heterocycles. The molecule has 2 bridgehead atoms. The van der Waals surface area contributed by atoms with Crippen LogP contribution in [0.25, 0.3) is 0 Å². The van der Waals surface area contributed by atoms with Gasteiger partial charge in [0, 0.05) is 5.92 Å². The van der Waals surface area contributed by atoms with Crippen LogP contribution in [0.1, 0.15) is 73.1 Å². The molecule has 34 heavy (non-hydrogen) atoms. The molecule has 3 fully saturated rings. The third-order valence-corrected chi connectivity index (χ3v) is 10.6. The zero-order valence-electron chi connectivity index (χ0n) is 21.1. The van der Waals surface area contributed by atoms with Gasteiger partial charge in [-0.2, -0.15) is 0 Å². The topological polar surface area (TPSA) is 104 Å². The van der Waals surface area contributed by atoms with Crippen LogP contribution in [-0.2, 0) is 14.3 Å². The highest BCUT2D eigenvalue weighted by atomic mass is 16.6. The lowest BCUT2D eigenvalue weighted by molar-refractivity contribution is -0.208. The molecule has 0 aromatic carbocycles. The third-order valence-electron chi connectivity index (χ3n) is 10.6. The average Bonchev–Trinajstić information content (AvgIpc) is 3.28. The molecule has 3 N–H and O–H groups in total. The van der Waals surface area contributed by atoms with Gasteiger partial charge < -0.3 is 20.1 Å². The van der Waals surface area contributed by atoms with Gasteiger partial charge in [0.05, 0.1) is 17.4 Å². The van der Waals surface area contributed by atoms with Crippen molar-refractivity contribution in [3.8, 4) is 0 Å². The Kier molecular flexibility index (Phi) is 5.34. The minimum atomic E-state index is -2.06. The zero-order chi connectivity index (χ0) is 24.8. The number of fused-ring (bicyclic) bond motifs is 3. The van der Waals surface area contributed by atoms with Gasteiger partial charge in [-0.05, 0) is 67.4 Å². The summed E-state index contributed by atoms with van der Waals surface area (Å²) in [5.41, 5.74) is -3.24. The van der Waals surface area contributed by atoms with Crippen LogP contribution in [0.15, 0.2) is 23.3 Å². The molecule has 6 nitrogen and oxygen atoms in total. The fourth-order valence-corrected chi connectivity index (χ4v) is 8.38. The normalized spacial score (nSPS) is 46.3. The molecule has 0 aromatic heterocycles. The minimum absolute atomic E-state index is 0.0144. The van der Waals surface area contributed by atoms with Crippen molar-refractivity contribution in [3.05, 3.63) is 23.3 Å². The fraction of sp³-hybridized carbons (Fsp3) is 0.786. The lowest BCUT2D eigenvalue weighted by Crippen LogP contribution is -2.66. The Hall–Kier alpha value is -1.50. The van der Waals surface area contributed by atoms with Crippen molar-refractivity contribution in [1.82, 2.24) is 0 Å². The highest BCUT2D eigenvalue weighted by Crippen LogP contribution is 2.71. The SMILES string of the molecule is CC1=C[C@@]23C(=O)[C@@H](C=C(CO)[C@@H](O)[C@]2(O)[C@H]1OC(=O)C1(C)CCCCC1)[C@H]1[C@@H](C[C@H]3C)C1(C)C. The summed E-state index contributed by atoms with van der Waals surface area (Å²) >= 11 is 0. The van der Waals surface area contributed by atoms with Gasteiger partial charge in [-0.1, -0.05) is 52.2 Å². The van der Waals surface area contributed by atoms with E-state index in [0.717, 1.165) is 38.5 Å². The fourth-order valence-electron chi connectivity index (χ4n) is 8.38. The van der Waals surface area contributed by atoms with Crippen molar-refractivity contribution >= 4 is 11.8 Å². The molecule has 0 amide bonds. The van der Waals surface area contributed by atoms with Gasteiger partial charge in [0.1, 0.15) is 6.10 Å². The van der Waals surface area contributed by atoms with Crippen LogP contribution in [0.3, 0.4) is 0 Å². The summed E-state index contributed by atoms with van der Waals surface area (Å²) < 4.78 is 6.08. The molecule has 5 aliphatic carbocycles. The highest BCUT2D eigenvalue weighted by molar-refractivity contribution is 5.95. The lowest BCUT2D eigenvalue weighted by Gasteiger charge is -2.49. The summed E-state index contributed by atoms with van der Waals surface area (Å²) in [5.74, 6) is -0.822. The summed E-state index contributed by atoms with van der Waals surface area (Å²) in [7, 11) is 0. The Morgan fingerprint density at radius 1 is 1.18 bits per heavy atom. The second kappa shape index (κ2) is 7.50. The van der Waals surface area contributed by atoms with E-state index in [-0.39, 0.29) is 34.6 Å². The Morgan fingerprint density at radius 2 is 1.82 bits per heavy atom. The molecule has 5 rings (SSSR count). The van der Waals surface area contributed by atoms with E-state index in [2.05, 4.69) is 13.8 Å². The second-order valence-electron chi connectivity index (χ2n) is 12.8. The molecule has 0 saturated heterocycles. The second-order valence-corrected chi connectivity index (χ2v) is 12.8. The van der Waals surface area contributed by atoms with Crippen molar-refractivity contribution in [3.63, 3.8) is 0 Å². The molecule has 0 aromatic rings. The van der Waals surface area contributed by atoms with Gasteiger partial charge in [-0.15, -0.1) is 0 Å². The van der Waals surface area contributed by atoms with Crippen LogP contribution < -0.4 is 0 Å². The van der Waals surface area contributed by atoms with Crippen molar-refractivity contribution in [1.29, 1.82) is 0 Å². The first-order valence-corrected chi connectivity index (χ1v) is 13.0. The lowest BCUT2D eigenvalue weighted by atomic mass is 9.59. The van der Waals surface area contributed by atoms with E-state index >= 15 is 0 Å². The molecular weight excluding hydrogens is 432 g/mol. The van der Waals surface area contributed by atoms with Gasteiger partial charge >= 0.3 is 5.97 Å². The predicted molar refractivity (Wildman–Crippen MR) is 126 cm³/mol. The summed E-state index contributed by atoms with van der Waals surface area (Å²) in [6.07, 6.45) is 6.05. The summed E-state index contributed by atoms with van der Waals surface area (Å²) in [6.45, 7) is 9.55. The Labute approximate surface area is 202 Å². The zero-order valence-corrected chi connectivity index (χ0v) is 21.1. The van der Waals surface area contributed by atoms with Crippen LogP contribution in [0, 0.1) is 39.9 Å². The number of rotatable bonds is 3. The maximum absolute atomic E-state index is 14.4. The number of esters is 1. The van der Waals surface area contributed by atoms with Crippen molar-refractivity contribution in [2.75, 3.05) is 6.61 Å². The van der Waals surface area contributed by atoms with E-state index in [4.69, 9.17) is 4.74 Å². The van der Waals surface area contributed by atoms with Gasteiger partial charge in [0.25, 0.3) is 0 Å². The van der Waals surface area contributed by atoms with Gasteiger partial charge in [-0.3, -0.25) is 9.59 Å². The number of aliphatic hydroxyl groups excluding tert-OH is 2. The van der Waals surface area contributed by atoms with E-state index in [1.165, 1.54) is 0 Å². The number of hydrogen-bond acceptors (Lipinski definition) is 6. The Bertz CT molecular complexity index is 971. The molecule has 1 spiro atoms. The van der Waals surface area contributed by atoms with Crippen LogP contribution in [-0.4, -0.2) is 51.5 Å². The number of Topliss-reactive ketones (excluding diaryl/α,β-unsaturated/α-hetero) is 1. The van der Waals surface area contributed by atoms with Crippen molar-refractivity contribution in [2.45, 2.75) is 91.0 Å². The predicted octanol–water partition coefficient (Wildman–Crippen LogP) is 3.34. The van der Waals surface area contributed by atoms with E-state index in [1.54, 1.807) is 19.1 Å². The summed E-state index contributed by atoms with van der Waals surface area (Å²) in [5, 5.41) is 34.3. The van der Waals surface area contributed by atoms with Crippen LogP contribution in [0.5, 0.6) is 0 Å². The standard InChI is InChI=1S/C28H40O6/c1-15-13-27-16(2)11-19-20(25(19,3)4)18(22(27)31)12-17(14-29)21(30)28(27,33)23(15)34-24(32)26(5)9-7-6-8-10-26/h12-13,16,18-21,23,29-30,33H,6-11,14H2,1-5H3/t16-,18+,19-,20+,21-,23+,27-,28+/m1/s1. The molecule has 0 radical (unpaired) electrons.